The predicted octanol–water partition coefficient (Wildman–Crippen LogP) is 2.84. The molecule has 1 aliphatic rings. The third-order valence-electron chi connectivity index (χ3n) is 4.55. The molecule has 1 aliphatic carbocycles. The number of aromatic nitrogens is 2. The van der Waals surface area contributed by atoms with Gasteiger partial charge in [0.2, 0.25) is 0 Å². The fourth-order valence-electron chi connectivity index (χ4n) is 3.33. The summed E-state index contributed by atoms with van der Waals surface area (Å²) < 4.78 is 6.66. The van der Waals surface area contributed by atoms with Crippen LogP contribution in [0.4, 0.5) is 10.7 Å². The Kier molecular flexibility index (Phi) is 6.30. The van der Waals surface area contributed by atoms with E-state index in [1.807, 2.05) is 0 Å². The number of thiocarbonyl (C=S) groups is 1. The van der Waals surface area contributed by atoms with Gasteiger partial charge in [-0.25, -0.2) is 4.79 Å². The van der Waals surface area contributed by atoms with E-state index in [0.29, 0.717) is 22.9 Å². The smallest absolute Gasteiger partial charge is 0.341 e. The molecule has 0 fully saturated rings. The lowest BCUT2D eigenvalue weighted by Gasteiger charge is -2.11. The Morgan fingerprint density at radius 3 is 2.79 bits per heavy atom. The van der Waals surface area contributed by atoms with Gasteiger partial charge in [-0.05, 0) is 50.4 Å². The molecule has 0 aliphatic heterocycles. The number of nitrogens with one attached hydrogen (secondary N) is 2. The van der Waals surface area contributed by atoms with Gasteiger partial charge in [0.1, 0.15) is 10.7 Å². The lowest BCUT2D eigenvalue weighted by molar-refractivity contribution is 0.0526. The second-order valence-electron chi connectivity index (χ2n) is 6.46. The van der Waals surface area contributed by atoms with E-state index in [9.17, 15) is 9.59 Å². The summed E-state index contributed by atoms with van der Waals surface area (Å²) in [6.07, 6.45) is 6.59. The molecule has 0 bridgehead atoms. The molecule has 10 heteroatoms. The van der Waals surface area contributed by atoms with E-state index in [4.69, 9.17) is 22.7 Å². The monoisotopic (exact) mass is 421 g/mol. The number of nitrogens with two attached hydrogens (primary N) is 1. The third-order valence-corrected chi connectivity index (χ3v) is 5.96. The van der Waals surface area contributed by atoms with Gasteiger partial charge in [-0.15, -0.1) is 11.3 Å². The normalized spacial score (nSPS) is 13.4. The number of thiophene rings is 1. The summed E-state index contributed by atoms with van der Waals surface area (Å²) in [6.45, 7) is 2.10. The van der Waals surface area contributed by atoms with Crippen molar-refractivity contribution in [2.45, 2.75) is 39.0 Å². The summed E-state index contributed by atoms with van der Waals surface area (Å²) in [7, 11) is 1.62. The summed E-state index contributed by atoms with van der Waals surface area (Å²) in [6, 6.07) is 0. The number of rotatable bonds is 5. The lowest BCUT2D eigenvalue weighted by Crippen LogP contribution is -2.23. The van der Waals surface area contributed by atoms with Crippen molar-refractivity contribution >= 4 is 51.2 Å². The van der Waals surface area contributed by atoms with Gasteiger partial charge < -0.3 is 21.1 Å². The first kappa shape index (κ1) is 20.3. The van der Waals surface area contributed by atoms with Crippen molar-refractivity contribution in [2.75, 3.05) is 17.2 Å². The van der Waals surface area contributed by atoms with Gasteiger partial charge >= 0.3 is 5.97 Å². The number of amides is 1. The Hall–Kier alpha value is -2.46. The highest BCUT2D eigenvalue weighted by Gasteiger charge is 2.26. The minimum atomic E-state index is -0.611. The molecular formula is C18H23N5O3S2. The summed E-state index contributed by atoms with van der Waals surface area (Å²) >= 11 is 6.93. The van der Waals surface area contributed by atoms with Crippen LogP contribution in [-0.4, -0.2) is 33.4 Å². The van der Waals surface area contributed by atoms with Crippen molar-refractivity contribution in [2.24, 2.45) is 12.8 Å². The van der Waals surface area contributed by atoms with Crippen LogP contribution in [0.15, 0.2) is 6.20 Å². The van der Waals surface area contributed by atoms with Crippen LogP contribution in [0.25, 0.3) is 0 Å². The summed E-state index contributed by atoms with van der Waals surface area (Å²) in [5.41, 5.74) is 7.65. The van der Waals surface area contributed by atoms with Gasteiger partial charge in [0, 0.05) is 11.9 Å². The van der Waals surface area contributed by atoms with Crippen LogP contribution >= 0.6 is 23.6 Å². The van der Waals surface area contributed by atoms with E-state index in [0.717, 1.165) is 37.7 Å². The van der Waals surface area contributed by atoms with Gasteiger partial charge in [0.25, 0.3) is 5.91 Å². The van der Waals surface area contributed by atoms with Gasteiger partial charge in [0.05, 0.1) is 24.1 Å². The molecule has 8 nitrogen and oxygen atoms in total. The molecule has 1 amide bonds. The molecule has 2 heterocycles. The molecule has 0 saturated carbocycles. The first-order valence-corrected chi connectivity index (χ1v) is 10.4. The zero-order chi connectivity index (χ0) is 20.3. The molecule has 0 spiro atoms. The van der Waals surface area contributed by atoms with Crippen LogP contribution in [0.1, 0.15) is 57.5 Å². The average molecular weight is 422 g/mol. The Labute approximate surface area is 172 Å². The quantitative estimate of drug-likeness (QED) is 0.387. The highest BCUT2D eigenvalue weighted by atomic mass is 32.1. The third kappa shape index (κ3) is 4.17. The summed E-state index contributed by atoms with van der Waals surface area (Å²) in [5.74, 6) is -0.952. The van der Waals surface area contributed by atoms with Crippen LogP contribution < -0.4 is 16.4 Å². The van der Waals surface area contributed by atoms with E-state index in [-0.39, 0.29) is 16.8 Å². The first-order valence-electron chi connectivity index (χ1n) is 9.13. The number of carbonyl (C=O) groups excluding carboxylic acids is 2. The van der Waals surface area contributed by atoms with Crippen molar-refractivity contribution in [1.82, 2.24) is 9.78 Å². The van der Waals surface area contributed by atoms with Gasteiger partial charge in [-0.3, -0.25) is 9.48 Å². The second kappa shape index (κ2) is 8.70. The van der Waals surface area contributed by atoms with E-state index in [1.54, 1.807) is 14.0 Å². The van der Waals surface area contributed by atoms with Crippen molar-refractivity contribution in [3.8, 4) is 0 Å². The lowest BCUT2D eigenvalue weighted by atomic mass is 10.1. The number of anilines is 2. The highest BCUT2D eigenvalue weighted by molar-refractivity contribution is 7.80. The molecule has 0 unspecified atom stereocenters. The molecule has 28 heavy (non-hydrogen) atoms. The number of ether oxygens (including phenoxy) is 1. The SMILES string of the molecule is CCOC(=O)c1c(NC(=S)Nc2cnn(C)c2C(N)=O)sc2c1CCCCC2. The predicted molar refractivity (Wildman–Crippen MR) is 113 cm³/mol. The van der Waals surface area contributed by atoms with E-state index in [2.05, 4.69) is 15.7 Å². The number of fused-ring (bicyclic) bond motifs is 1. The van der Waals surface area contributed by atoms with Crippen LogP contribution in [0.5, 0.6) is 0 Å². The Morgan fingerprint density at radius 2 is 2.07 bits per heavy atom. The Morgan fingerprint density at radius 1 is 1.32 bits per heavy atom. The van der Waals surface area contributed by atoms with Crippen LogP contribution in [-0.2, 0) is 24.6 Å². The van der Waals surface area contributed by atoms with Gasteiger partial charge in [-0.2, -0.15) is 5.10 Å². The van der Waals surface area contributed by atoms with E-state index in [1.165, 1.54) is 27.1 Å². The number of hydrogen-bond acceptors (Lipinski definition) is 6. The zero-order valence-electron chi connectivity index (χ0n) is 15.8. The molecule has 150 valence electrons. The zero-order valence-corrected chi connectivity index (χ0v) is 17.5. The maximum Gasteiger partial charge on any atom is 0.341 e. The fraction of sp³-hybridized carbons (Fsp3) is 0.444. The van der Waals surface area contributed by atoms with Crippen molar-refractivity contribution in [3.63, 3.8) is 0 Å². The number of nitrogens with zero attached hydrogens (tertiary/aromatic N) is 2. The molecule has 2 aromatic rings. The maximum atomic E-state index is 12.6. The van der Waals surface area contributed by atoms with Crippen LogP contribution in [0, 0.1) is 0 Å². The van der Waals surface area contributed by atoms with Crippen molar-refractivity contribution in [1.29, 1.82) is 0 Å². The van der Waals surface area contributed by atoms with Crippen LogP contribution in [0.3, 0.4) is 0 Å². The largest absolute Gasteiger partial charge is 0.462 e. The van der Waals surface area contributed by atoms with Crippen molar-refractivity contribution < 1.29 is 14.3 Å². The van der Waals surface area contributed by atoms with E-state index >= 15 is 0 Å². The molecule has 4 N–H and O–H groups in total. The summed E-state index contributed by atoms with van der Waals surface area (Å²) in [5, 5.41) is 11.0. The standard InChI is InChI=1S/C18H23N5O3S2/c1-3-26-17(25)13-10-7-5-4-6-8-12(10)28-16(13)22-18(27)21-11-9-20-23(2)14(11)15(19)24/h9H,3-8H2,1-2H3,(H2,19,24)(H2,21,22,27). The maximum absolute atomic E-state index is 12.6. The Balaban J connectivity index is 1.86. The fourth-order valence-corrected chi connectivity index (χ4v) is 4.89. The average Bonchev–Trinajstić information content (AvgIpc) is 3.06. The first-order chi connectivity index (χ1) is 13.4. The number of primary amides is 1. The number of hydrogen-bond donors (Lipinski definition) is 3. The summed E-state index contributed by atoms with van der Waals surface area (Å²) in [4.78, 5) is 25.4. The molecular weight excluding hydrogens is 398 g/mol. The minimum absolute atomic E-state index is 0.219. The van der Waals surface area contributed by atoms with E-state index < -0.39 is 5.91 Å². The van der Waals surface area contributed by atoms with Gasteiger partial charge in [-0.1, -0.05) is 6.42 Å². The van der Waals surface area contributed by atoms with Gasteiger partial charge in [0.15, 0.2) is 5.11 Å². The molecule has 0 radical (unpaired) electrons. The number of esters is 1. The molecule has 2 aromatic heterocycles. The topological polar surface area (TPSA) is 111 Å². The number of aryl methyl sites for hydroxylation is 2. The Bertz CT molecular complexity index is 919. The van der Waals surface area contributed by atoms with Crippen molar-refractivity contribution in [3.05, 3.63) is 27.9 Å². The molecule has 3 rings (SSSR count). The number of carbonyl (C=O) groups is 2. The molecule has 0 atom stereocenters. The minimum Gasteiger partial charge on any atom is -0.462 e. The van der Waals surface area contributed by atoms with Crippen LogP contribution in [0.2, 0.25) is 0 Å². The molecule has 0 aromatic carbocycles. The molecule has 0 saturated heterocycles. The highest BCUT2D eigenvalue weighted by Crippen LogP contribution is 2.38. The second-order valence-corrected chi connectivity index (χ2v) is 7.98.